The number of benzene rings is 3. The van der Waals surface area contributed by atoms with Crippen molar-refractivity contribution in [2.75, 3.05) is 0 Å². The molecule has 5 nitrogen and oxygen atoms in total. The molecule has 0 aliphatic rings. The van der Waals surface area contributed by atoms with Gasteiger partial charge in [-0.15, -0.1) is 0 Å². The summed E-state index contributed by atoms with van der Waals surface area (Å²) in [7, 11) is -5.05. The van der Waals surface area contributed by atoms with Crippen LogP contribution in [0.1, 0.15) is 16.7 Å². The first-order chi connectivity index (χ1) is 13.5. The van der Waals surface area contributed by atoms with Crippen LogP contribution in [-0.2, 0) is 14.9 Å². The fraction of sp³-hybridized carbons (Fsp3) is 0.0526. The molecular formula is C19H12Cl4O5S. The maximum Gasteiger partial charge on any atom is 0.283 e. The van der Waals surface area contributed by atoms with E-state index in [2.05, 4.69) is 0 Å². The molecule has 0 aromatic heterocycles. The van der Waals surface area contributed by atoms with Crippen molar-refractivity contribution in [1.29, 1.82) is 0 Å². The summed E-state index contributed by atoms with van der Waals surface area (Å²) < 4.78 is 34.0. The largest absolute Gasteiger partial charge is 0.504 e. The van der Waals surface area contributed by atoms with E-state index in [1.54, 1.807) is 18.2 Å². The SMILES string of the molecule is O=S(=O)(O)C(c1ccccc1)(c1ccc(O)c(O)c1Cl)c1ccc(Cl)c(Cl)c1Cl. The van der Waals surface area contributed by atoms with Gasteiger partial charge >= 0.3 is 0 Å². The third kappa shape index (κ3) is 3.44. The summed E-state index contributed by atoms with van der Waals surface area (Å²) in [6.45, 7) is 0. The molecule has 3 aromatic carbocycles. The lowest BCUT2D eigenvalue weighted by Crippen LogP contribution is -2.39. The Morgan fingerprint density at radius 1 is 0.724 bits per heavy atom. The maximum atomic E-state index is 13.0. The summed E-state index contributed by atoms with van der Waals surface area (Å²) in [6.07, 6.45) is 0. The molecule has 0 saturated heterocycles. The average molecular weight is 494 g/mol. The van der Waals surface area contributed by atoms with Gasteiger partial charge in [-0.1, -0.05) is 88.9 Å². The van der Waals surface area contributed by atoms with Crippen LogP contribution in [0.15, 0.2) is 54.6 Å². The molecular weight excluding hydrogens is 482 g/mol. The van der Waals surface area contributed by atoms with Gasteiger partial charge in [0.15, 0.2) is 16.2 Å². The number of halogens is 4. The van der Waals surface area contributed by atoms with Crippen molar-refractivity contribution in [2.24, 2.45) is 0 Å². The molecule has 0 fully saturated rings. The van der Waals surface area contributed by atoms with Crippen LogP contribution in [0.4, 0.5) is 0 Å². The lowest BCUT2D eigenvalue weighted by atomic mass is 9.83. The fourth-order valence-corrected chi connectivity index (χ4v) is 5.60. The summed E-state index contributed by atoms with van der Waals surface area (Å²) >= 11 is 24.7. The molecule has 1 unspecified atom stereocenters. The Bertz CT molecular complexity index is 1140. The Kier molecular flexibility index (Phi) is 5.98. The van der Waals surface area contributed by atoms with E-state index in [1.807, 2.05) is 0 Å². The van der Waals surface area contributed by atoms with E-state index < -0.39 is 31.4 Å². The quantitative estimate of drug-likeness (QED) is 0.182. The first kappa shape index (κ1) is 22.0. The van der Waals surface area contributed by atoms with Crippen molar-refractivity contribution in [1.82, 2.24) is 0 Å². The molecule has 10 heteroatoms. The standard InChI is InChI=1S/C19H12Cl4O5S/c20-13-8-6-11(15(21)17(13)23)19(29(26,27)28,10-4-2-1-3-5-10)12-7-9-14(24)18(25)16(12)22/h1-9,24-25H,(H,26,27,28). The molecule has 0 heterocycles. The van der Waals surface area contributed by atoms with Crippen LogP contribution in [0, 0.1) is 0 Å². The molecule has 0 saturated carbocycles. The number of hydrogen-bond acceptors (Lipinski definition) is 4. The lowest BCUT2D eigenvalue weighted by molar-refractivity contribution is 0.402. The van der Waals surface area contributed by atoms with E-state index in [4.69, 9.17) is 46.4 Å². The molecule has 3 aromatic rings. The molecule has 0 amide bonds. The van der Waals surface area contributed by atoms with Gasteiger partial charge in [-0.2, -0.15) is 8.42 Å². The third-order valence-electron chi connectivity index (χ3n) is 4.46. The summed E-state index contributed by atoms with van der Waals surface area (Å²) in [5.74, 6) is -1.33. The second-order valence-corrected chi connectivity index (χ2v) is 9.14. The highest BCUT2D eigenvalue weighted by Gasteiger charge is 2.51. The van der Waals surface area contributed by atoms with Gasteiger partial charge in [0, 0.05) is 11.1 Å². The monoisotopic (exact) mass is 492 g/mol. The summed E-state index contributed by atoms with van der Waals surface area (Å²) in [4.78, 5) is 0. The van der Waals surface area contributed by atoms with E-state index in [0.29, 0.717) is 0 Å². The van der Waals surface area contributed by atoms with Gasteiger partial charge in [-0.05, 0) is 17.7 Å². The van der Waals surface area contributed by atoms with Gasteiger partial charge in [-0.25, -0.2) is 0 Å². The Balaban J connectivity index is 2.62. The second kappa shape index (κ2) is 7.87. The Morgan fingerprint density at radius 3 is 1.86 bits per heavy atom. The minimum Gasteiger partial charge on any atom is -0.504 e. The van der Waals surface area contributed by atoms with Crippen molar-refractivity contribution in [3.05, 3.63) is 91.4 Å². The van der Waals surface area contributed by atoms with Crippen LogP contribution in [0.2, 0.25) is 20.1 Å². The zero-order valence-electron chi connectivity index (χ0n) is 14.3. The predicted octanol–water partition coefficient (Wildman–Crippen LogP) is 5.89. The van der Waals surface area contributed by atoms with Crippen LogP contribution in [0.25, 0.3) is 0 Å². The van der Waals surface area contributed by atoms with E-state index in [9.17, 15) is 23.2 Å². The molecule has 1 atom stereocenters. The Hall–Kier alpha value is -1.67. The van der Waals surface area contributed by atoms with E-state index >= 15 is 0 Å². The molecule has 0 bridgehead atoms. The van der Waals surface area contributed by atoms with Gasteiger partial charge in [0.2, 0.25) is 0 Å². The molecule has 152 valence electrons. The van der Waals surface area contributed by atoms with Gasteiger partial charge in [0.25, 0.3) is 10.1 Å². The number of rotatable bonds is 4. The number of aromatic hydroxyl groups is 2. The van der Waals surface area contributed by atoms with E-state index in [-0.39, 0.29) is 31.8 Å². The second-order valence-electron chi connectivity index (χ2n) is 6.04. The highest BCUT2D eigenvalue weighted by atomic mass is 35.5. The first-order valence-electron chi connectivity index (χ1n) is 7.91. The highest BCUT2D eigenvalue weighted by Crippen LogP contribution is 2.52. The molecule has 3 N–H and O–H groups in total. The zero-order valence-corrected chi connectivity index (χ0v) is 18.1. The van der Waals surface area contributed by atoms with Crippen molar-refractivity contribution in [2.45, 2.75) is 4.75 Å². The minimum atomic E-state index is -5.05. The van der Waals surface area contributed by atoms with Crippen molar-refractivity contribution in [3.8, 4) is 11.5 Å². The molecule has 0 aliphatic carbocycles. The third-order valence-corrected chi connectivity index (χ3v) is 7.58. The topological polar surface area (TPSA) is 94.8 Å². The van der Waals surface area contributed by atoms with Crippen molar-refractivity contribution < 1.29 is 23.2 Å². The summed E-state index contributed by atoms with van der Waals surface area (Å²) in [6, 6.07) is 12.4. The fourth-order valence-electron chi connectivity index (χ4n) is 3.18. The molecule has 0 spiro atoms. The van der Waals surface area contributed by atoms with Crippen molar-refractivity contribution in [3.63, 3.8) is 0 Å². The van der Waals surface area contributed by atoms with E-state index in [0.717, 1.165) is 12.1 Å². The molecule has 3 rings (SSSR count). The van der Waals surface area contributed by atoms with Crippen molar-refractivity contribution >= 4 is 56.5 Å². The summed E-state index contributed by atoms with van der Waals surface area (Å²) in [5.41, 5.74) is -0.326. The minimum absolute atomic E-state index is 0.0646. The van der Waals surface area contributed by atoms with Gasteiger partial charge in [-0.3, -0.25) is 4.55 Å². The molecule has 0 radical (unpaired) electrons. The Morgan fingerprint density at radius 2 is 1.28 bits per heavy atom. The average Bonchev–Trinajstić information content (AvgIpc) is 2.67. The van der Waals surface area contributed by atoms with Gasteiger partial charge in [0.05, 0.1) is 20.1 Å². The zero-order chi connectivity index (χ0) is 21.6. The van der Waals surface area contributed by atoms with Crippen LogP contribution >= 0.6 is 46.4 Å². The predicted molar refractivity (Wildman–Crippen MR) is 114 cm³/mol. The normalized spacial score (nSPS) is 13.8. The molecule has 0 aliphatic heterocycles. The van der Waals surface area contributed by atoms with Crippen LogP contribution in [-0.4, -0.2) is 23.2 Å². The lowest BCUT2D eigenvalue weighted by Gasteiger charge is -2.34. The number of phenols is 2. The molecule has 29 heavy (non-hydrogen) atoms. The van der Waals surface area contributed by atoms with Crippen LogP contribution in [0.5, 0.6) is 11.5 Å². The summed E-state index contributed by atoms with van der Waals surface area (Å²) in [5, 5.41) is 19.1. The Labute approximate surface area is 186 Å². The first-order valence-corrected chi connectivity index (χ1v) is 10.9. The number of phenolic OH excluding ortho intramolecular Hbond substituents is 2. The van der Waals surface area contributed by atoms with Crippen LogP contribution in [0.3, 0.4) is 0 Å². The van der Waals surface area contributed by atoms with E-state index in [1.165, 1.54) is 24.3 Å². The smallest absolute Gasteiger partial charge is 0.283 e. The highest BCUT2D eigenvalue weighted by molar-refractivity contribution is 7.87. The van der Waals surface area contributed by atoms with Gasteiger partial charge < -0.3 is 10.2 Å². The number of hydrogen-bond donors (Lipinski definition) is 3. The maximum absolute atomic E-state index is 13.0. The van der Waals surface area contributed by atoms with Gasteiger partial charge in [0.1, 0.15) is 0 Å². The van der Waals surface area contributed by atoms with Crippen LogP contribution < -0.4 is 0 Å².